The number of aliphatic hydroxyl groups is 1. The Labute approximate surface area is 204 Å². The van der Waals surface area contributed by atoms with Crippen LogP contribution in [-0.4, -0.2) is 54.3 Å². The molecular weight excluding hydrogens is 468 g/mol. The number of hydrogen-bond acceptors (Lipinski definition) is 10. The minimum absolute atomic E-state index is 0.00757. The number of aliphatic hydroxyl groups excluding tert-OH is 1. The second kappa shape index (κ2) is 10.1. The molecule has 5 rings (SSSR count). The second-order valence-corrected chi connectivity index (χ2v) is 8.18. The molecule has 2 aromatic carbocycles. The van der Waals surface area contributed by atoms with E-state index in [1.807, 2.05) is 0 Å². The van der Waals surface area contributed by atoms with Gasteiger partial charge in [0.1, 0.15) is 25.3 Å². The molecule has 2 aromatic heterocycles. The maximum Gasteiger partial charge on any atom is 0.338 e. The molecule has 3 heterocycles. The number of rotatable bonds is 8. The maximum atomic E-state index is 12.2. The summed E-state index contributed by atoms with van der Waals surface area (Å²) in [6.45, 7) is 0.0687. The zero-order valence-electron chi connectivity index (χ0n) is 18.9. The van der Waals surface area contributed by atoms with Gasteiger partial charge in [-0.3, -0.25) is 14.7 Å². The van der Waals surface area contributed by atoms with Crippen LogP contribution in [0.3, 0.4) is 0 Å². The SMILES string of the molecule is O=C(OC[C@H]1O[C@@H](n2cnc3c(NCc4ccccc4[N+](=O)[O-])ncnc32)C[C@@H]1O)c1ccccc1. The molecule has 1 aliphatic rings. The third kappa shape index (κ3) is 4.72. The number of nitro groups is 1. The first kappa shape index (κ1) is 23.3. The van der Waals surface area contributed by atoms with Crippen LogP contribution < -0.4 is 5.32 Å². The van der Waals surface area contributed by atoms with Crippen molar-refractivity contribution in [3.8, 4) is 0 Å². The normalized spacial score (nSPS) is 19.3. The highest BCUT2D eigenvalue weighted by atomic mass is 16.6. The van der Waals surface area contributed by atoms with Crippen molar-refractivity contribution in [3.05, 3.63) is 88.5 Å². The van der Waals surface area contributed by atoms with E-state index in [1.165, 1.54) is 18.7 Å². The number of nitro benzene ring substituents is 1. The third-order valence-electron chi connectivity index (χ3n) is 5.90. The number of benzene rings is 2. The van der Waals surface area contributed by atoms with Crippen molar-refractivity contribution in [2.45, 2.75) is 31.4 Å². The van der Waals surface area contributed by atoms with Crippen LogP contribution in [0.5, 0.6) is 0 Å². The van der Waals surface area contributed by atoms with Crippen LogP contribution >= 0.6 is 0 Å². The summed E-state index contributed by atoms with van der Waals surface area (Å²) in [5, 5.41) is 24.9. The first-order valence-electron chi connectivity index (χ1n) is 11.2. The van der Waals surface area contributed by atoms with Crippen LogP contribution in [0.1, 0.15) is 28.6 Å². The van der Waals surface area contributed by atoms with E-state index in [0.29, 0.717) is 28.1 Å². The minimum atomic E-state index is -0.853. The van der Waals surface area contributed by atoms with Crippen molar-refractivity contribution in [2.75, 3.05) is 11.9 Å². The summed E-state index contributed by atoms with van der Waals surface area (Å²) in [6, 6.07) is 15.0. The van der Waals surface area contributed by atoms with Gasteiger partial charge in [0.25, 0.3) is 5.69 Å². The summed E-state index contributed by atoms with van der Waals surface area (Å²) < 4.78 is 13.0. The van der Waals surface area contributed by atoms with Crippen molar-refractivity contribution in [1.82, 2.24) is 19.5 Å². The molecule has 0 unspecified atom stereocenters. The Morgan fingerprint density at radius 2 is 1.94 bits per heavy atom. The minimum Gasteiger partial charge on any atom is -0.459 e. The Morgan fingerprint density at radius 1 is 1.17 bits per heavy atom. The van der Waals surface area contributed by atoms with E-state index in [4.69, 9.17) is 9.47 Å². The van der Waals surface area contributed by atoms with E-state index in [0.717, 1.165) is 0 Å². The molecule has 4 aromatic rings. The number of imidazole rings is 1. The fraction of sp³-hybridized carbons (Fsp3) is 0.250. The summed E-state index contributed by atoms with van der Waals surface area (Å²) in [6.07, 6.45) is 0.996. The molecule has 0 bridgehead atoms. The quantitative estimate of drug-likeness (QED) is 0.214. The largest absolute Gasteiger partial charge is 0.459 e. The number of nitrogens with one attached hydrogen (secondary N) is 1. The van der Waals surface area contributed by atoms with Crippen molar-refractivity contribution >= 4 is 28.6 Å². The van der Waals surface area contributed by atoms with E-state index in [-0.39, 0.29) is 25.3 Å². The molecule has 0 radical (unpaired) electrons. The van der Waals surface area contributed by atoms with E-state index >= 15 is 0 Å². The number of fused-ring (bicyclic) bond motifs is 1. The van der Waals surface area contributed by atoms with Crippen molar-refractivity contribution in [1.29, 1.82) is 0 Å². The number of nitrogens with zero attached hydrogens (tertiary/aromatic N) is 5. The molecule has 0 aliphatic carbocycles. The van der Waals surface area contributed by atoms with E-state index < -0.39 is 29.3 Å². The van der Waals surface area contributed by atoms with Gasteiger partial charge in [0, 0.05) is 24.6 Å². The van der Waals surface area contributed by atoms with Crippen LogP contribution in [0.4, 0.5) is 11.5 Å². The zero-order valence-corrected chi connectivity index (χ0v) is 18.9. The average molecular weight is 490 g/mol. The van der Waals surface area contributed by atoms with Crippen LogP contribution in [0.2, 0.25) is 0 Å². The highest BCUT2D eigenvalue weighted by Gasteiger charge is 2.37. The molecule has 2 N–H and O–H groups in total. The lowest BCUT2D eigenvalue weighted by atomic mass is 10.2. The lowest BCUT2D eigenvalue weighted by molar-refractivity contribution is -0.385. The van der Waals surface area contributed by atoms with Gasteiger partial charge in [0.15, 0.2) is 17.0 Å². The standard InChI is InChI=1S/C24H22N6O6/c31-18-10-20(36-19(18)12-35-24(32)15-6-2-1-3-7-15)29-14-28-21-22(26-13-27-23(21)29)25-11-16-8-4-5-9-17(16)30(33)34/h1-9,13-14,18-20,31H,10-12H2,(H,25,26,27)/t18-,19+,20+/m0/s1. The molecule has 0 saturated carbocycles. The Bertz CT molecular complexity index is 1390. The molecular formula is C24H22N6O6. The third-order valence-corrected chi connectivity index (χ3v) is 5.90. The summed E-state index contributed by atoms with van der Waals surface area (Å²) in [5.74, 6) is -0.0890. The van der Waals surface area contributed by atoms with Gasteiger partial charge in [0.05, 0.1) is 22.9 Å². The van der Waals surface area contributed by atoms with Gasteiger partial charge in [-0.05, 0) is 12.1 Å². The number of carbonyl (C=O) groups excluding carboxylic acids is 1. The van der Waals surface area contributed by atoms with Crippen LogP contribution in [0.25, 0.3) is 11.2 Å². The van der Waals surface area contributed by atoms with Crippen LogP contribution in [0, 0.1) is 10.1 Å². The molecule has 1 saturated heterocycles. The molecule has 36 heavy (non-hydrogen) atoms. The van der Waals surface area contributed by atoms with E-state index in [9.17, 15) is 20.0 Å². The number of para-hydroxylation sites is 1. The fourth-order valence-corrected chi connectivity index (χ4v) is 4.06. The summed E-state index contributed by atoms with van der Waals surface area (Å²) in [7, 11) is 0. The van der Waals surface area contributed by atoms with Crippen LogP contribution in [0.15, 0.2) is 67.3 Å². The van der Waals surface area contributed by atoms with Gasteiger partial charge in [-0.2, -0.15) is 0 Å². The van der Waals surface area contributed by atoms with Gasteiger partial charge in [-0.1, -0.05) is 36.4 Å². The van der Waals surface area contributed by atoms with Gasteiger partial charge < -0.3 is 19.9 Å². The summed E-state index contributed by atoms with van der Waals surface area (Å²) >= 11 is 0. The summed E-state index contributed by atoms with van der Waals surface area (Å²) in [4.78, 5) is 36.0. The monoisotopic (exact) mass is 490 g/mol. The van der Waals surface area contributed by atoms with E-state index in [2.05, 4.69) is 20.3 Å². The first-order chi connectivity index (χ1) is 17.5. The van der Waals surface area contributed by atoms with Crippen molar-refractivity contribution in [3.63, 3.8) is 0 Å². The number of aromatic nitrogens is 4. The van der Waals surface area contributed by atoms with E-state index in [1.54, 1.807) is 53.1 Å². The number of esters is 1. The molecule has 1 fully saturated rings. The average Bonchev–Trinajstić information content (AvgIpc) is 3.50. The topological polar surface area (TPSA) is 155 Å². The Morgan fingerprint density at radius 3 is 2.75 bits per heavy atom. The maximum absolute atomic E-state index is 12.2. The van der Waals surface area contributed by atoms with Crippen LogP contribution in [-0.2, 0) is 16.0 Å². The van der Waals surface area contributed by atoms with Gasteiger partial charge in [0.2, 0.25) is 0 Å². The lowest BCUT2D eigenvalue weighted by Gasteiger charge is -2.16. The molecule has 0 amide bonds. The number of carbonyl (C=O) groups is 1. The molecule has 1 aliphatic heterocycles. The molecule has 12 nitrogen and oxygen atoms in total. The van der Waals surface area contributed by atoms with Crippen molar-refractivity contribution in [2.24, 2.45) is 0 Å². The molecule has 3 atom stereocenters. The number of hydrogen-bond donors (Lipinski definition) is 2. The smallest absolute Gasteiger partial charge is 0.338 e. The van der Waals surface area contributed by atoms with Gasteiger partial charge in [-0.15, -0.1) is 0 Å². The van der Waals surface area contributed by atoms with Crippen molar-refractivity contribution < 1.29 is 24.3 Å². The highest BCUT2D eigenvalue weighted by Crippen LogP contribution is 2.32. The zero-order chi connectivity index (χ0) is 25.1. The number of ether oxygens (including phenoxy) is 2. The highest BCUT2D eigenvalue weighted by molar-refractivity contribution is 5.89. The fourth-order valence-electron chi connectivity index (χ4n) is 4.06. The Hall–Kier alpha value is -4.42. The Balaban J connectivity index is 1.27. The molecule has 12 heteroatoms. The summed E-state index contributed by atoms with van der Waals surface area (Å²) in [5.41, 5.74) is 1.85. The molecule has 0 spiro atoms. The Kier molecular flexibility index (Phi) is 6.52. The van der Waals surface area contributed by atoms with Gasteiger partial charge in [-0.25, -0.2) is 19.7 Å². The lowest BCUT2D eigenvalue weighted by Crippen LogP contribution is -2.28. The van der Waals surface area contributed by atoms with Gasteiger partial charge >= 0.3 is 5.97 Å². The number of anilines is 1. The predicted octanol–water partition coefficient (Wildman–Crippen LogP) is 2.85. The second-order valence-electron chi connectivity index (χ2n) is 8.18. The first-order valence-corrected chi connectivity index (χ1v) is 11.2. The molecule has 184 valence electrons. The predicted molar refractivity (Wildman–Crippen MR) is 127 cm³/mol.